The molecule has 156 valence electrons. The quantitative estimate of drug-likeness (QED) is 0.307. The van der Waals surface area contributed by atoms with Gasteiger partial charge >= 0.3 is 0 Å². The van der Waals surface area contributed by atoms with Gasteiger partial charge in [-0.1, -0.05) is 72.8 Å². The molecular formula is C30H19NO2. The first kappa shape index (κ1) is 18.1. The van der Waals surface area contributed by atoms with Crippen LogP contribution in [0.15, 0.2) is 118 Å². The number of hydrogen-bond acceptors (Lipinski definition) is 3. The van der Waals surface area contributed by atoms with Crippen LogP contribution in [0.3, 0.4) is 0 Å². The van der Waals surface area contributed by atoms with Gasteiger partial charge in [0.05, 0.1) is 11.1 Å². The highest BCUT2D eigenvalue weighted by molar-refractivity contribution is 6.15. The Balaban J connectivity index is 1.47. The third kappa shape index (κ3) is 2.83. The monoisotopic (exact) mass is 425 g/mol. The minimum atomic E-state index is 0.865. The van der Waals surface area contributed by atoms with Gasteiger partial charge in [-0.15, -0.1) is 0 Å². The lowest BCUT2D eigenvalue weighted by Crippen LogP contribution is -1.92. The van der Waals surface area contributed by atoms with Crippen molar-refractivity contribution in [3.8, 4) is 11.1 Å². The summed E-state index contributed by atoms with van der Waals surface area (Å²) in [5.41, 5.74) is 7.79. The standard InChI is InChI=1S/C30H19NO2/c1-2-9-19(10-3-1)23-17-20(18-28-29(23)21-11-4-6-14-25(21)33-28)31-24-13-8-16-27-30(24)22-12-5-7-15-26(22)32-27/h1-18,31H. The second-order valence-corrected chi connectivity index (χ2v) is 8.26. The highest BCUT2D eigenvalue weighted by Crippen LogP contribution is 2.41. The number of fused-ring (bicyclic) bond motifs is 6. The number of hydrogen-bond donors (Lipinski definition) is 1. The summed E-state index contributed by atoms with van der Waals surface area (Å²) in [6.07, 6.45) is 0. The molecule has 2 heterocycles. The zero-order valence-corrected chi connectivity index (χ0v) is 17.7. The first-order valence-corrected chi connectivity index (χ1v) is 11.0. The minimum Gasteiger partial charge on any atom is -0.456 e. The Bertz CT molecular complexity index is 1790. The van der Waals surface area contributed by atoms with Crippen LogP contribution < -0.4 is 5.32 Å². The molecule has 0 aliphatic heterocycles. The molecule has 0 aliphatic rings. The average molecular weight is 425 g/mol. The molecule has 0 saturated heterocycles. The third-order valence-corrected chi connectivity index (χ3v) is 6.24. The van der Waals surface area contributed by atoms with Gasteiger partial charge in [0.1, 0.15) is 22.3 Å². The fourth-order valence-corrected chi connectivity index (χ4v) is 4.81. The molecule has 0 unspecified atom stereocenters. The lowest BCUT2D eigenvalue weighted by Gasteiger charge is -2.11. The first-order chi connectivity index (χ1) is 16.3. The topological polar surface area (TPSA) is 38.3 Å². The van der Waals surface area contributed by atoms with Crippen molar-refractivity contribution in [2.24, 2.45) is 0 Å². The molecule has 7 rings (SSSR count). The molecule has 0 aliphatic carbocycles. The van der Waals surface area contributed by atoms with Crippen molar-refractivity contribution in [2.45, 2.75) is 0 Å². The predicted molar refractivity (Wildman–Crippen MR) is 136 cm³/mol. The molecule has 3 nitrogen and oxygen atoms in total. The van der Waals surface area contributed by atoms with E-state index in [0.717, 1.165) is 66.4 Å². The van der Waals surface area contributed by atoms with E-state index in [4.69, 9.17) is 8.83 Å². The number of para-hydroxylation sites is 2. The minimum absolute atomic E-state index is 0.865. The summed E-state index contributed by atoms with van der Waals surface area (Å²) < 4.78 is 12.4. The van der Waals surface area contributed by atoms with Crippen molar-refractivity contribution < 1.29 is 8.83 Å². The highest BCUT2D eigenvalue weighted by atomic mass is 16.3. The van der Waals surface area contributed by atoms with E-state index in [0.29, 0.717) is 0 Å². The summed E-state index contributed by atoms with van der Waals surface area (Å²) in [6.45, 7) is 0. The zero-order chi connectivity index (χ0) is 21.8. The van der Waals surface area contributed by atoms with Gasteiger partial charge in [-0.25, -0.2) is 0 Å². The molecule has 0 spiro atoms. The van der Waals surface area contributed by atoms with Crippen LogP contribution in [0.1, 0.15) is 0 Å². The van der Waals surface area contributed by atoms with Gasteiger partial charge in [0.2, 0.25) is 0 Å². The fraction of sp³-hybridized carbons (Fsp3) is 0. The van der Waals surface area contributed by atoms with Crippen LogP contribution in [-0.4, -0.2) is 0 Å². The molecular weight excluding hydrogens is 406 g/mol. The summed E-state index contributed by atoms with van der Waals surface area (Å²) in [7, 11) is 0. The molecule has 0 radical (unpaired) electrons. The van der Waals surface area contributed by atoms with Crippen LogP contribution in [0.25, 0.3) is 55.0 Å². The normalized spacial score (nSPS) is 11.6. The number of nitrogens with one attached hydrogen (secondary N) is 1. The molecule has 33 heavy (non-hydrogen) atoms. The number of benzene rings is 5. The molecule has 0 amide bonds. The van der Waals surface area contributed by atoms with Crippen LogP contribution in [0.2, 0.25) is 0 Å². The summed E-state index contributed by atoms with van der Waals surface area (Å²) >= 11 is 0. The molecule has 1 N–H and O–H groups in total. The van der Waals surface area contributed by atoms with Crippen molar-refractivity contribution in [3.63, 3.8) is 0 Å². The van der Waals surface area contributed by atoms with Gasteiger partial charge < -0.3 is 14.2 Å². The van der Waals surface area contributed by atoms with Gasteiger partial charge in [-0.05, 0) is 41.5 Å². The van der Waals surface area contributed by atoms with Gasteiger partial charge in [0, 0.05) is 27.9 Å². The SMILES string of the molecule is c1ccc(-c2cc(Nc3cccc4oc5ccccc5c34)cc3oc4ccccc4c23)cc1. The van der Waals surface area contributed by atoms with Crippen LogP contribution in [0, 0.1) is 0 Å². The van der Waals surface area contributed by atoms with Crippen molar-refractivity contribution >= 4 is 55.3 Å². The van der Waals surface area contributed by atoms with Crippen molar-refractivity contribution in [2.75, 3.05) is 5.32 Å². The van der Waals surface area contributed by atoms with Crippen molar-refractivity contribution in [1.82, 2.24) is 0 Å². The smallest absolute Gasteiger partial charge is 0.138 e. The summed E-state index contributed by atoms with van der Waals surface area (Å²) in [6, 6.07) is 37.3. The number of furan rings is 2. The molecule has 0 atom stereocenters. The molecule has 7 aromatic rings. The van der Waals surface area contributed by atoms with E-state index in [2.05, 4.69) is 66.0 Å². The summed E-state index contributed by atoms with van der Waals surface area (Å²) in [4.78, 5) is 0. The summed E-state index contributed by atoms with van der Waals surface area (Å²) in [5, 5.41) is 8.09. The van der Waals surface area contributed by atoms with Crippen LogP contribution >= 0.6 is 0 Å². The second-order valence-electron chi connectivity index (χ2n) is 8.26. The van der Waals surface area contributed by atoms with E-state index in [9.17, 15) is 0 Å². The van der Waals surface area contributed by atoms with Crippen LogP contribution in [-0.2, 0) is 0 Å². The molecule has 0 fully saturated rings. The molecule has 3 heteroatoms. The van der Waals surface area contributed by atoms with Crippen LogP contribution in [0.4, 0.5) is 11.4 Å². The van der Waals surface area contributed by atoms with E-state index in [1.54, 1.807) is 0 Å². The van der Waals surface area contributed by atoms with E-state index in [1.807, 2.05) is 48.5 Å². The first-order valence-electron chi connectivity index (χ1n) is 11.0. The Hall–Kier alpha value is -4.50. The Labute approximate surface area is 189 Å². The molecule has 5 aromatic carbocycles. The molecule has 0 bridgehead atoms. The second kappa shape index (κ2) is 7.01. The lowest BCUT2D eigenvalue weighted by molar-refractivity contribution is 0.669. The molecule has 0 saturated carbocycles. The van der Waals surface area contributed by atoms with E-state index < -0.39 is 0 Å². The van der Waals surface area contributed by atoms with E-state index in [1.165, 1.54) is 0 Å². The Morgan fingerprint density at radius 1 is 0.485 bits per heavy atom. The van der Waals surface area contributed by atoms with E-state index in [-0.39, 0.29) is 0 Å². The lowest BCUT2D eigenvalue weighted by atomic mass is 9.98. The number of anilines is 2. The average Bonchev–Trinajstić information content (AvgIpc) is 3.43. The maximum absolute atomic E-state index is 6.28. The largest absolute Gasteiger partial charge is 0.456 e. The van der Waals surface area contributed by atoms with Gasteiger partial charge in [-0.2, -0.15) is 0 Å². The maximum Gasteiger partial charge on any atom is 0.138 e. The Morgan fingerprint density at radius 3 is 1.91 bits per heavy atom. The number of rotatable bonds is 3. The Kier molecular flexibility index (Phi) is 3.84. The Morgan fingerprint density at radius 2 is 1.12 bits per heavy atom. The van der Waals surface area contributed by atoms with Gasteiger partial charge in [0.25, 0.3) is 0 Å². The van der Waals surface area contributed by atoms with Gasteiger partial charge in [0.15, 0.2) is 0 Å². The fourth-order valence-electron chi connectivity index (χ4n) is 4.81. The highest BCUT2D eigenvalue weighted by Gasteiger charge is 2.16. The third-order valence-electron chi connectivity index (χ3n) is 6.24. The molecule has 2 aromatic heterocycles. The van der Waals surface area contributed by atoms with E-state index >= 15 is 0 Å². The van der Waals surface area contributed by atoms with Crippen molar-refractivity contribution in [3.05, 3.63) is 109 Å². The van der Waals surface area contributed by atoms with Gasteiger partial charge in [-0.3, -0.25) is 0 Å². The summed E-state index contributed by atoms with van der Waals surface area (Å²) in [5.74, 6) is 0. The maximum atomic E-state index is 6.28. The zero-order valence-electron chi connectivity index (χ0n) is 17.7. The van der Waals surface area contributed by atoms with Crippen molar-refractivity contribution in [1.29, 1.82) is 0 Å². The van der Waals surface area contributed by atoms with Crippen LogP contribution in [0.5, 0.6) is 0 Å². The predicted octanol–water partition coefficient (Wildman–Crippen LogP) is 8.90.